The lowest BCUT2D eigenvalue weighted by molar-refractivity contribution is 0.221. The lowest BCUT2D eigenvalue weighted by atomic mass is 9.78. The van der Waals surface area contributed by atoms with Gasteiger partial charge < -0.3 is 10.8 Å². The van der Waals surface area contributed by atoms with Gasteiger partial charge in [-0.2, -0.15) is 0 Å². The molecule has 0 aromatic heterocycles. The van der Waals surface area contributed by atoms with Crippen LogP contribution in [0, 0.1) is 0 Å². The van der Waals surface area contributed by atoms with Gasteiger partial charge in [-0.15, -0.1) is 0 Å². The largest absolute Gasteiger partial charge is 0.396 e. The van der Waals surface area contributed by atoms with E-state index >= 15 is 0 Å². The number of nitrogens with one attached hydrogen (secondary N) is 1. The highest BCUT2D eigenvalue weighted by molar-refractivity contribution is 6.30. The highest BCUT2D eigenvalue weighted by atomic mass is 35.5. The number of benzene rings is 2. The van der Waals surface area contributed by atoms with Gasteiger partial charge in [0.1, 0.15) is 0 Å². The third-order valence-electron chi connectivity index (χ3n) is 4.30. The molecule has 0 aliphatic heterocycles. The van der Waals surface area contributed by atoms with Crippen molar-refractivity contribution >= 4 is 23.2 Å². The van der Waals surface area contributed by atoms with E-state index in [-0.39, 0.29) is 18.6 Å². The Labute approximate surface area is 160 Å². The summed E-state index contributed by atoms with van der Waals surface area (Å²) in [4.78, 5) is 0. The standard InChI is InChI=1S/C20H26Cl2N2O/c1-14(2)24-20(23,16-8-10-17(21)11-9-16)19(7-4-12-25)15-5-3-6-18(22)13-15/h3,5-6,8-11,13-14,19,24-25H,4,7,12,23H2,1-2H3. The second-order valence-electron chi connectivity index (χ2n) is 6.65. The molecule has 2 aromatic carbocycles. The van der Waals surface area contributed by atoms with Crippen molar-refractivity contribution in [3.8, 4) is 0 Å². The molecule has 136 valence electrons. The summed E-state index contributed by atoms with van der Waals surface area (Å²) < 4.78 is 0. The quantitative estimate of drug-likeness (QED) is 0.583. The van der Waals surface area contributed by atoms with Crippen molar-refractivity contribution in [1.29, 1.82) is 0 Å². The van der Waals surface area contributed by atoms with Gasteiger partial charge in [-0.3, -0.25) is 5.32 Å². The summed E-state index contributed by atoms with van der Waals surface area (Å²) in [5.41, 5.74) is 8.15. The van der Waals surface area contributed by atoms with Crippen LogP contribution in [-0.4, -0.2) is 17.8 Å². The second kappa shape index (κ2) is 9.02. The first-order chi connectivity index (χ1) is 11.9. The van der Waals surface area contributed by atoms with Crippen LogP contribution in [-0.2, 0) is 5.66 Å². The number of aliphatic hydroxyl groups is 1. The minimum atomic E-state index is -0.807. The van der Waals surface area contributed by atoms with Crippen LogP contribution >= 0.6 is 23.2 Å². The Morgan fingerprint density at radius 1 is 1.08 bits per heavy atom. The predicted molar refractivity (Wildman–Crippen MR) is 106 cm³/mol. The Kier molecular flexibility index (Phi) is 7.29. The monoisotopic (exact) mass is 380 g/mol. The van der Waals surface area contributed by atoms with Gasteiger partial charge in [0.2, 0.25) is 0 Å². The van der Waals surface area contributed by atoms with Crippen LogP contribution in [0.5, 0.6) is 0 Å². The maximum absolute atomic E-state index is 9.37. The molecule has 2 rings (SSSR count). The molecule has 5 heteroatoms. The topological polar surface area (TPSA) is 58.3 Å². The molecule has 0 saturated heterocycles. The predicted octanol–water partition coefficient (Wildman–Crippen LogP) is 4.66. The first-order valence-electron chi connectivity index (χ1n) is 8.55. The zero-order chi connectivity index (χ0) is 18.4. The van der Waals surface area contributed by atoms with Crippen LogP contribution in [0.1, 0.15) is 43.7 Å². The Hall–Kier alpha value is -1.10. The number of nitrogens with two attached hydrogens (primary N) is 1. The fraction of sp³-hybridized carbons (Fsp3) is 0.400. The van der Waals surface area contributed by atoms with Crippen LogP contribution in [0.2, 0.25) is 10.0 Å². The van der Waals surface area contributed by atoms with E-state index < -0.39 is 5.66 Å². The molecule has 0 spiro atoms. The van der Waals surface area contributed by atoms with Crippen LogP contribution in [0.4, 0.5) is 0 Å². The lowest BCUT2D eigenvalue weighted by Gasteiger charge is -2.41. The fourth-order valence-electron chi connectivity index (χ4n) is 3.26. The van der Waals surface area contributed by atoms with E-state index in [0.29, 0.717) is 16.5 Å². The van der Waals surface area contributed by atoms with E-state index in [0.717, 1.165) is 17.5 Å². The molecule has 0 aliphatic rings. The van der Waals surface area contributed by atoms with Crippen molar-refractivity contribution in [1.82, 2.24) is 5.32 Å². The van der Waals surface area contributed by atoms with Gasteiger partial charge in [0.25, 0.3) is 0 Å². The Morgan fingerprint density at radius 2 is 1.76 bits per heavy atom. The number of rotatable bonds is 8. The van der Waals surface area contributed by atoms with Crippen LogP contribution in [0.25, 0.3) is 0 Å². The lowest BCUT2D eigenvalue weighted by Crippen LogP contribution is -2.57. The van der Waals surface area contributed by atoms with Crippen molar-refractivity contribution in [2.75, 3.05) is 6.61 Å². The van der Waals surface area contributed by atoms with E-state index in [2.05, 4.69) is 19.2 Å². The van der Waals surface area contributed by atoms with Gasteiger partial charge in [0, 0.05) is 28.6 Å². The van der Waals surface area contributed by atoms with Crippen molar-refractivity contribution < 1.29 is 5.11 Å². The normalized spacial score (nSPS) is 15.2. The van der Waals surface area contributed by atoms with E-state index in [4.69, 9.17) is 28.9 Å². The zero-order valence-electron chi connectivity index (χ0n) is 14.7. The summed E-state index contributed by atoms with van der Waals surface area (Å²) in [5, 5.41) is 14.2. The molecule has 0 saturated carbocycles. The minimum absolute atomic E-state index is 0.0538. The maximum Gasteiger partial charge on any atom is 0.0996 e. The molecule has 2 atom stereocenters. The van der Waals surface area contributed by atoms with E-state index in [1.165, 1.54) is 0 Å². The number of aliphatic hydroxyl groups excluding tert-OH is 1. The van der Waals surface area contributed by atoms with Gasteiger partial charge in [-0.1, -0.05) is 47.5 Å². The molecular weight excluding hydrogens is 355 g/mol. The van der Waals surface area contributed by atoms with Crippen molar-refractivity contribution in [2.45, 2.75) is 44.3 Å². The molecule has 3 nitrogen and oxygen atoms in total. The molecule has 0 amide bonds. The SMILES string of the molecule is CC(C)NC(N)(c1ccc(Cl)cc1)C(CCCO)c1cccc(Cl)c1. The van der Waals surface area contributed by atoms with Gasteiger partial charge >= 0.3 is 0 Å². The average molecular weight is 381 g/mol. The maximum atomic E-state index is 9.37. The smallest absolute Gasteiger partial charge is 0.0996 e. The third-order valence-corrected chi connectivity index (χ3v) is 4.79. The van der Waals surface area contributed by atoms with Crippen molar-refractivity contribution in [3.63, 3.8) is 0 Å². The molecule has 0 aliphatic carbocycles. The first-order valence-corrected chi connectivity index (χ1v) is 9.31. The highest BCUT2D eigenvalue weighted by Gasteiger charge is 2.37. The summed E-state index contributed by atoms with van der Waals surface area (Å²) in [5.74, 6) is -0.0538. The molecule has 0 fully saturated rings. The molecule has 4 N–H and O–H groups in total. The summed E-state index contributed by atoms with van der Waals surface area (Å²) in [6, 6.07) is 15.5. The van der Waals surface area contributed by atoms with Crippen LogP contribution in [0.15, 0.2) is 48.5 Å². The van der Waals surface area contributed by atoms with Gasteiger partial charge in [-0.05, 0) is 62.1 Å². The van der Waals surface area contributed by atoms with E-state index in [1.54, 1.807) is 0 Å². The Balaban J connectivity index is 2.53. The summed E-state index contributed by atoms with van der Waals surface area (Å²) in [6.45, 7) is 4.26. The number of hydrogen-bond donors (Lipinski definition) is 3. The zero-order valence-corrected chi connectivity index (χ0v) is 16.2. The average Bonchev–Trinajstić information content (AvgIpc) is 2.55. The molecule has 25 heavy (non-hydrogen) atoms. The molecule has 2 unspecified atom stereocenters. The first kappa shape index (κ1) is 20.2. The fourth-order valence-corrected chi connectivity index (χ4v) is 3.59. The number of halogens is 2. The number of hydrogen-bond acceptors (Lipinski definition) is 3. The summed E-state index contributed by atoms with van der Waals surface area (Å²) >= 11 is 12.3. The van der Waals surface area contributed by atoms with E-state index in [9.17, 15) is 5.11 Å². The molecular formula is C20H26Cl2N2O. The molecule has 0 heterocycles. The highest BCUT2D eigenvalue weighted by Crippen LogP contribution is 2.38. The van der Waals surface area contributed by atoms with Gasteiger partial charge in [0.15, 0.2) is 0 Å². The van der Waals surface area contributed by atoms with Crippen LogP contribution in [0.3, 0.4) is 0 Å². The minimum Gasteiger partial charge on any atom is -0.396 e. The van der Waals surface area contributed by atoms with E-state index in [1.807, 2.05) is 48.5 Å². The molecule has 2 aromatic rings. The van der Waals surface area contributed by atoms with Crippen molar-refractivity contribution in [3.05, 3.63) is 69.7 Å². The third kappa shape index (κ3) is 5.19. The van der Waals surface area contributed by atoms with Gasteiger partial charge in [0.05, 0.1) is 5.66 Å². The molecule has 0 bridgehead atoms. The van der Waals surface area contributed by atoms with Crippen molar-refractivity contribution in [2.24, 2.45) is 5.73 Å². The Morgan fingerprint density at radius 3 is 2.32 bits per heavy atom. The Bertz CT molecular complexity index is 676. The van der Waals surface area contributed by atoms with Gasteiger partial charge in [-0.25, -0.2) is 0 Å². The van der Waals surface area contributed by atoms with Crippen LogP contribution < -0.4 is 11.1 Å². The summed E-state index contributed by atoms with van der Waals surface area (Å²) in [7, 11) is 0. The summed E-state index contributed by atoms with van der Waals surface area (Å²) in [6.07, 6.45) is 1.39. The second-order valence-corrected chi connectivity index (χ2v) is 7.52. The molecule has 0 radical (unpaired) electrons.